The molecule has 0 radical (unpaired) electrons. The number of aromatic nitrogens is 5. The van der Waals surface area contributed by atoms with E-state index in [-0.39, 0.29) is 11.7 Å². The van der Waals surface area contributed by atoms with Gasteiger partial charge in [0.05, 0.1) is 5.69 Å². The Hall–Kier alpha value is -4.73. The zero-order valence-electron chi connectivity index (χ0n) is 27.2. The Bertz CT molecular complexity index is 1950. The van der Waals surface area contributed by atoms with Gasteiger partial charge in [0.25, 0.3) is 0 Å². The minimum absolute atomic E-state index is 0.233. The van der Waals surface area contributed by atoms with Crippen molar-refractivity contribution in [3.05, 3.63) is 71.4 Å². The molecule has 0 atom stereocenters. The van der Waals surface area contributed by atoms with Crippen molar-refractivity contribution in [3.63, 3.8) is 0 Å². The summed E-state index contributed by atoms with van der Waals surface area (Å²) >= 11 is 1.29. The van der Waals surface area contributed by atoms with Gasteiger partial charge >= 0.3 is 0 Å². The number of imidazole rings is 1. The van der Waals surface area contributed by atoms with Crippen LogP contribution in [0.1, 0.15) is 49.6 Å². The van der Waals surface area contributed by atoms with E-state index in [2.05, 4.69) is 23.2 Å². The van der Waals surface area contributed by atoms with Crippen molar-refractivity contribution in [3.8, 4) is 28.5 Å². The van der Waals surface area contributed by atoms with Crippen LogP contribution in [-0.2, 0) is 11.2 Å². The molecule has 4 aromatic heterocycles. The Kier molecular flexibility index (Phi) is 9.15. The summed E-state index contributed by atoms with van der Waals surface area (Å²) in [5.74, 6) is 2.35. The van der Waals surface area contributed by atoms with E-state index in [0.717, 1.165) is 80.1 Å². The fraction of sp³-hybridized carbons (Fsp3) is 0.389. The zero-order chi connectivity index (χ0) is 33.2. The molecular weight excluding hydrogens is 626 g/mol. The molecule has 1 aromatic carbocycles. The molecule has 2 fully saturated rings. The molecule has 0 unspecified atom stereocenters. The van der Waals surface area contributed by atoms with Gasteiger partial charge in [0, 0.05) is 67.8 Å². The number of ketones is 1. The number of piperidine rings is 2. The quantitative estimate of drug-likeness (QED) is 0.191. The highest BCUT2D eigenvalue weighted by molar-refractivity contribution is 7.16. The molecule has 0 saturated carbocycles. The van der Waals surface area contributed by atoms with Crippen molar-refractivity contribution in [2.75, 3.05) is 43.0 Å². The van der Waals surface area contributed by atoms with Gasteiger partial charge < -0.3 is 15.1 Å². The predicted octanol–water partition coefficient (Wildman–Crippen LogP) is 6.43. The molecule has 0 amide bonds. The lowest BCUT2D eigenvalue weighted by molar-refractivity contribution is -0.124. The van der Waals surface area contributed by atoms with Crippen LogP contribution in [0, 0.1) is 29.0 Å². The number of aryl methyl sites for hydroxylation is 1. The van der Waals surface area contributed by atoms with Gasteiger partial charge in [0.1, 0.15) is 39.7 Å². The molecule has 2 aliphatic heterocycles. The van der Waals surface area contributed by atoms with Crippen LogP contribution in [0.15, 0.2) is 55.0 Å². The number of carbonyl (C=O) groups excluding carboxylic acids is 1. The monoisotopic (exact) mass is 663 g/mol. The largest absolute Gasteiger partial charge is 0.341 e. The highest BCUT2D eigenvalue weighted by Gasteiger charge is 2.27. The molecule has 2 saturated heterocycles. The number of nitriles is 1. The van der Waals surface area contributed by atoms with Gasteiger partial charge in [-0.3, -0.25) is 9.20 Å². The summed E-state index contributed by atoms with van der Waals surface area (Å²) in [5.41, 5.74) is 4.76. The first-order valence-corrected chi connectivity index (χ1v) is 17.5. The number of hydrogen-bond donors (Lipinski definition) is 1. The van der Waals surface area contributed by atoms with Crippen LogP contribution >= 0.6 is 11.3 Å². The SMILES string of the molecule is CCc1nc2ccc(-c3cnc(N4CCC(CC(=O)C5CCNCC5)CC4)nc3)cn2c1N(C)c1nc(-c2ccc(F)cc2)c(C#N)s1. The van der Waals surface area contributed by atoms with E-state index in [1.54, 1.807) is 12.1 Å². The van der Waals surface area contributed by atoms with Gasteiger partial charge in [-0.25, -0.2) is 24.3 Å². The van der Waals surface area contributed by atoms with Gasteiger partial charge in [0.15, 0.2) is 5.13 Å². The number of hydrogen-bond acceptors (Lipinski definition) is 10. The number of thiazole rings is 1. The molecule has 12 heteroatoms. The highest BCUT2D eigenvalue weighted by Crippen LogP contribution is 2.37. The summed E-state index contributed by atoms with van der Waals surface area (Å²) < 4.78 is 15.6. The van der Waals surface area contributed by atoms with E-state index in [0.29, 0.717) is 51.8 Å². The van der Waals surface area contributed by atoms with Crippen LogP contribution in [0.4, 0.5) is 21.3 Å². The number of Topliss-reactive ketones (excluding diaryl/α,β-unsaturated/α-hetero) is 1. The van der Waals surface area contributed by atoms with Gasteiger partial charge in [-0.1, -0.05) is 18.3 Å². The van der Waals surface area contributed by atoms with Crippen molar-refractivity contribution < 1.29 is 9.18 Å². The number of anilines is 3. The fourth-order valence-electron chi connectivity index (χ4n) is 6.83. The first-order valence-electron chi connectivity index (χ1n) is 16.6. The van der Waals surface area contributed by atoms with Crippen LogP contribution in [0.2, 0.25) is 0 Å². The third-order valence-electron chi connectivity index (χ3n) is 9.59. The highest BCUT2D eigenvalue weighted by atomic mass is 32.1. The van der Waals surface area contributed by atoms with E-state index >= 15 is 0 Å². The number of nitrogens with one attached hydrogen (secondary N) is 1. The van der Waals surface area contributed by atoms with Crippen molar-refractivity contribution in [1.82, 2.24) is 29.7 Å². The van der Waals surface area contributed by atoms with Crippen molar-refractivity contribution >= 4 is 39.7 Å². The second-order valence-electron chi connectivity index (χ2n) is 12.6. The maximum atomic E-state index is 13.6. The Labute approximate surface area is 283 Å². The summed E-state index contributed by atoms with van der Waals surface area (Å²) in [7, 11) is 1.92. The van der Waals surface area contributed by atoms with Gasteiger partial charge in [-0.05, 0) is 87.5 Å². The third-order valence-corrected chi connectivity index (χ3v) is 10.6. The molecule has 0 bridgehead atoms. The summed E-state index contributed by atoms with van der Waals surface area (Å²) in [4.78, 5) is 36.6. The lowest BCUT2D eigenvalue weighted by atomic mass is 9.84. The zero-order valence-corrected chi connectivity index (χ0v) is 28.0. The number of rotatable bonds is 9. The number of halogens is 1. The normalized spacial score (nSPS) is 15.9. The molecule has 5 aromatic rings. The predicted molar refractivity (Wildman–Crippen MR) is 186 cm³/mol. The number of pyridine rings is 1. The maximum absolute atomic E-state index is 13.6. The van der Waals surface area contributed by atoms with Crippen LogP contribution < -0.4 is 15.1 Å². The lowest BCUT2D eigenvalue weighted by Crippen LogP contribution is -2.37. The molecule has 10 nitrogen and oxygen atoms in total. The standard InChI is InChI=1S/C36H38FN9OS/c1-3-29-34(44(2)36-43-33(31(19-38)48-36)25-4-7-28(37)8-5-25)46-22-26(6-9-32(46)42-29)27-20-40-35(41-21-27)45-16-12-23(13-17-45)18-30(47)24-10-14-39-15-11-24/h4-9,20-24,39H,3,10-18H2,1-2H3. The average molecular weight is 664 g/mol. The number of benzene rings is 1. The van der Waals surface area contributed by atoms with E-state index < -0.39 is 0 Å². The minimum atomic E-state index is -0.337. The van der Waals surface area contributed by atoms with E-state index in [1.165, 1.54) is 23.5 Å². The van der Waals surface area contributed by atoms with Crippen molar-refractivity contribution in [1.29, 1.82) is 5.26 Å². The molecule has 0 spiro atoms. The first kappa shape index (κ1) is 31.8. The van der Waals surface area contributed by atoms with E-state index in [4.69, 9.17) is 19.9 Å². The summed E-state index contributed by atoms with van der Waals surface area (Å²) in [5, 5.41) is 13.9. The Balaban J connectivity index is 1.08. The lowest BCUT2D eigenvalue weighted by Gasteiger charge is -2.32. The summed E-state index contributed by atoms with van der Waals surface area (Å²) in [6.07, 6.45) is 11.1. The third kappa shape index (κ3) is 6.40. The second-order valence-corrected chi connectivity index (χ2v) is 13.6. The average Bonchev–Trinajstić information content (AvgIpc) is 3.74. The first-order chi connectivity index (χ1) is 23.4. The van der Waals surface area contributed by atoms with Gasteiger partial charge in [0.2, 0.25) is 5.95 Å². The van der Waals surface area contributed by atoms with Crippen LogP contribution in [0.5, 0.6) is 0 Å². The molecule has 48 heavy (non-hydrogen) atoms. The van der Waals surface area contributed by atoms with Gasteiger partial charge in [-0.15, -0.1) is 0 Å². The fourth-order valence-corrected chi connectivity index (χ4v) is 7.68. The molecule has 1 N–H and O–H groups in total. The Morgan fingerprint density at radius 3 is 2.42 bits per heavy atom. The second kappa shape index (κ2) is 13.8. The molecule has 246 valence electrons. The number of carbonyl (C=O) groups is 1. The van der Waals surface area contributed by atoms with Crippen molar-refractivity contribution in [2.45, 2.75) is 45.4 Å². The molecule has 6 heterocycles. The Morgan fingerprint density at radius 1 is 1.02 bits per heavy atom. The minimum Gasteiger partial charge on any atom is -0.341 e. The summed E-state index contributed by atoms with van der Waals surface area (Å²) in [6.45, 7) is 5.68. The maximum Gasteiger partial charge on any atom is 0.225 e. The van der Waals surface area contributed by atoms with Crippen LogP contribution in [0.3, 0.4) is 0 Å². The Morgan fingerprint density at radius 2 is 1.73 bits per heavy atom. The number of nitrogens with zero attached hydrogens (tertiary/aromatic N) is 8. The van der Waals surface area contributed by atoms with E-state index in [9.17, 15) is 14.4 Å². The van der Waals surface area contributed by atoms with Crippen molar-refractivity contribution in [2.24, 2.45) is 11.8 Å². The molecule has 0 aliphatic carbocycles. The number of fused-ring (bicyclic) bond motifs is 1. The van der Waals surface area contributed by atoms with Crippen LogP contribution in [-0.4, -0.2) is 63.3 Å². The topological polar surface area (TPSA) is 115 Å². The molecule has 2 aliphatic rings. The molecule has 7 rings (SSSR count). The summed E-state index contributed by atoms with van der Waals surface area (Å²) in [6, 6.07) is 12.3. The molecular formula is C36H38FN9OS. The van der Waals surface area contributed by atoms with Gasteiger partial charge in [-0.2, -0.15) is 5.26 Å². The van der Waals surface area contributed by atoms with E-state index in [1.807, 2.05) is 47.1 Å². The smallest absolute Gasteiger partial charge is 0.225 e. The van der Waals surface area contributed by atoms with Crippen LogP contribution in [0.25, 0.3) is 28.0 Å².